The molecule has 0 aromatic heterocycles. The van der Waals surface area contributed by atoms with E-state index < -0.39 is 5.60 Å². The van der Waals surface area contributed by atoms with E-state index in [1.54, 1.807) is 7.11 Å². The van der Waals surface area contributed by atoms with E-state index in [9.17, 15) is 4.79 Å². The molecule has 1 unspecified atom stereocenters. The molecule has 168 valence electrons. The predicted octanol–water partition coefficient (Wildman–Crippen LogP) is 3.16. The van der Waals surface area contributed by atoms with E-state index in [1.807, 2.05) is 52.8 Å². The molecule has 0 aliphatic carbocycles. The molecule has 8 heteroatoms. The lowest BCUT2D eigenvalue weighted by Crippen LogP contribution is -2.44. The average Bonchev–Trinajstić information content (AvgIpc) is 3.12. The Morgan fingerprint density at radius 3 is 2.67 bits per heavy atom. The molecular weight excluding hydrogens is 384 g/mol. The van der Waals surface area contributed by atoms with Crippen molar-refractivity contribution in [1.82, 2.24) is 15.5 Å². The number of carbonyl (C=O) groups excluding carboxylic acids is 1. The van der Waals surface area contributed by atoms with Crippen molar-refractivity contribution in [2.45, 2.75) is 59.2 Å². The molecule has 0 radical (unpaired) electrons. The van der Waals surface area contributed by atoms with Gasteiger partial charge in [0, 0.05) is 19.6 Å². The maximum atomic E-state index is 12.0. The number of benzene rings is 1. The van der Waals surface area contributed by atoms with Crippen molar-refractivity contribution in [3.63, 3.8) is 0 Å². The van der Waals surface area contributed by atoms with Crippen LogP contribution in [0.5, 0.6) is 11.5 Å². The Morgan fingerprint density at radius 1 is 1.27 bits per heavy atom. The first-order chi connectivity index (χ1) is 14.3. The van der Waals surface area contributed by atoms with E-state index in [1.165, 1.54) is 0 Å². The van der Waals surface area contributed by atoms with Gasteiger partial charge in [-0.2, -0.15) is 0 Å². The van der Waals surface area contributed by atoms with Crippen LogP contribution in [0.15, 0.2) is 23.2 Å². The number of hydrogen-bond donors (Lipinski definition) is 2. The van der Waals surface area contributed by atoms with Crippen molar-refractivity contribution in [3.8, 4) is 11.5 Å². The van der Waals surface area contributed by atoms with Crippen LogP contribution in [-0.4, -0.2) is 61.9 Å². The third-order valence-corrected chi connectivity index (χ3v) is 4.48. The second kappa shape index (κ2) is 10.9. The fourth-order valence-corrected chi connectivity index (χ4v) is 3.22. The zero-order valence-electron chi connectivity index (χ0n) is 19.1. The van der Waals surface area contributed by atoms with Crippen LogP contribution < -0.4 is 20.1 Å². The van der Waals surface area contributed by atoms with E-state index in [2.05, 4.69) is 15.5 Å². The molecule has 2 rings (SSSR count). The zero-order chi connectivity index (χ0) is 22.1. The summed E-state index contributed by atoms with van der Waals surface area (Å²) >= 11 is 0. The van der Waals surface area contributed by atoms with Crippen molar-refractivity contribution in [3.05, 3.63) is 23.8 Å². The van der Waals surface area contributed by atoms with Crippen LogP contribution in [0.3, 0.4) is 0 Å². The molecule has 1 aromatic carbocycles. The first-order valence-electron chi connectivity index (χ1n) is 10.6. The average molecular weight is 421 g/mol. The fraction of sp³-hybridized carbons (Fsp3) is 0.636. The number of alkyl carbamates (subject to hydrolysis) is 1. The fourth-order valence-electron chi connectivity index (χ4n) is 3.22. The van der Waals surface area contributed by atoms with Gasteiger partial charge in [-0.3, -0.25) is 0 Å². The highest BCUT2D eigenvalue weighted by Gasteiger charge is 2.27. The van der Waals surface area contributed by atoms with Crippen LogP contribution in [0.25, 0.3) is 0 Å². The highest BCUT2D eigenvalue weighted by molar-refractivity contribution is 5.80. The molecule has 0 spiro atoms. The van der Waals surface area contributed by atoms with E-state index in [-0.39, 0.29) is 12.1 Å². The van der Waals surface area contributed by atoms with E-state index in [4.69, 9.17) is 19.2 Å². The minimum atomic E-state index is -0.502. The molecule has 1 aliphatic heterocycles. The van der Waals surface area contributed by atoms with Crippen LogP contribution in [0.1, 0.15) is 46.6 Å². The van der Waals surface area contributed by atoms with Crippen molar-refractivity contribution in [2.75, 3.05) is 33.4 Å². The summed E-state index contributed by atoms with van der Waals surface area (Å²) in [6, 6.07) is 5.90. The van der Waals surface area contributed by atoms with E-state index >= 15 is 0 Å². The van der Waals surface area contributed by atoms with Gasteiger partial charge in [-0.1, -0.05) is 6.07 Å². The predicted molar refractivity (Wildman–Crippen MR) is 118 cm³/mol. The first-order valence-corrected chi connectivity index (χ1v) is 10.6. The third kappa shape index (κ3) is 7.31. The summed E-state index contributed by atoms with van der Waals surface area (Å²) in [5.74, 6) is 2.27. The number of rotatable bonds is 7. The number of ether oxygens (including phenoxy) is 3. The Kier molecular flexibility index (Phi) is 8.62. The monoisotopic (exact) mass is 420 g/mol. The number of nitrogens with zero attached hydrogens (tertiary/aromatic N) is 2. The van der Waals surface area contributed by atoms with Gasteiger partial charge >= 0.3 is 6.09 Å². The van der Waals surface area contributed by atoms with Gasteiger partial charge < -0.3 is 29.7 Å². The second-order valence-corrected chi connectivity index (χ2v) is 8.17. The largest absolute Gasteiger partial charge is 0.493 e. The third-order valence-electron chi connectivity index (χ3n) is 4.48. The molecule has 1 aromatic rings. The first kappa shape index (κ1) is 23.6. The van der Waals surface area contributed by atoms with Gasteiger partial charge in [0.2, 0.25) is 0 Å². The number of guanidine groups is 1. The number of nitrogens with one attached hydrogen (secondary N) is 2. The van der Waals surface area contributed by atoms with Gasteiger partial charge in [-0.25, -0.2) is 9.79 Å². The molecule has 1 fully saturated rings. The van der Waals surface area contributed by atoms with Gasteiger partial charge in [-0.05, 0) is 58.7 Å². The summed E-state index contributed by atoms with van der Waals surface area (Å²) in [6.07, 6.45) is 0.471. The quantitative estimate of drug-likeness (QED) is 0.521. The molecule has 1 atom stereocenters. The number of amides is 1. The van der Waals surface area contributed by atoms with Gasteiger partial charge in [0.1, 0.15) is 5.60 Å². The Bertz CT molecular complexity index is 730. The van der Waals surface area contributed by atoms with E-state index in [0.717, 1.165) is 36.8 Å². The van der Waals surface area contributed by atoms with Gasteiger partial charge in [-0.15, -0.1) is 0 Å². The highest BCUT2D eigenvalue weighted by atomic mass is 16.6. The summed E-state index contributed by atoms with van der Waals surface area (Å²) in [5, 5.41) is 6.30. The topological polar surface area (TPSA) is 84.4 Å². The molecule has 0 bridgehead atoms. The lowest BCUT2D eigenvalue weighted by Gasteiger charge is -2.23. The van der Waals surface area contributed by atoms with Crippen LogP contribution in [-0.2, 0) is 11.3 Å². The molecule has 1 heterocycles. The number of methoxy groups -OCH3 is 1. The van der Waals surface area contributed by atoms with Crippen LogP contribution in [0.4, 0.5) is 4.79 Å². The van der Waals surface area contributed by atoms with Crippen LogP contribution in [0.2, 0.25) is 0 Å². The van der Waals surface area contributed by atoms with Crippen LogP contribution >= 0.6 is 0 Å². The minimum absolute atomic E-state index is 0.0364. The van der Waals surface area contributed by atoms with Crippen molar-refractivity contribution >= 4 is 12.1 Å². The molecule has 0 saturated carbocycles. The molecule has 2 N–H and O–H groups in total. The zero-order valence-corrected chi connectivity index (χ0v) is 19.1. The Hall–Kier alpha value is -2.64. The Morgan fingerprint density at radius 2 is 2.03 bits per heavy atom. The summed E-state index contributed by atoms with van der Waals surface area (Å²) in [4.78, 5) is 19.0. The number of carbonyl (C=O) groups is 1. The highest BCUT2D eigenvalue weighted by Crippen LogP contribution is 2.28. The normalized spacial score (nSPS) is 16.9. The number of likely N-dealkylation sites (tertiary alicyclic amines) is 1. The Balaban J connectivity index is 2.00. The molecule has 1 amide bonds. The Labute approximate surface area is 180 Å². The minimum Gasteiger partial charge on any atom is -0.493 e. The number of hydrogen-bond acceptors (Lipinski definition) is 5. The maximum absolute atomic E-state index is 12.0. The molecule has 8 nitrogen and oxygen atoms in total. The molecular formula is C22H36N4O4. The van der Waals surface area contributed by atoms with Gasteiger partial charge in [0.15, 0.2) is 17.5 Å². The standard InChI is InChI=1S/C22H36N4O4/c1-7-23-20(24-14-16-9-10-18(29-8-2)19(13-16)28-6)26-12-11-17(15-26)25-21(27)30-22(3,4)5/h9-10,13,17H,7-8,11-12,14-15H2,1-6H3,(H,23,24)(H,25,27). The summed E-state index contributed by atoms with van der Waals surface area (Å²) in [5.41, 5.74) is 0.533. The maximum Gasteiger partial charge on any atom is 0.407 e. The lowest BCUT2D eigenvalue weighted by atomic mass is 10.2. The number of aliphatic imine (C=N–C) groups is 1. The second-order valence-electron chi connectivity index (χ2n) is 8.17. The van der Waals surface area contributed by atoms with Crippen molar-refractivity contribution in [2.24, 2.45) is 4.99 Å². The lowest BCUT2D eigenvalue weighted by molar-refractivity contribution is 0.0507. The smallest absolute Gasteiger partial charge is 0.407 e. The van der Waals surface area contributed by atoms with Crippen LogP contribution in [0, 0.1) is 0 Å². The van der Waals surface area contributed by atoms with Crippen molar-refractivity contribution < 1.29 is 19.0 Å². The summed E-state index contributed by atoms with van der Waals surface area (Å²) in [7, 11) is 1.64. The molecule has 1 saturated heterocycles. The van der Waals surface area contributed by atoms with Crippen molar-refractivity contribution in [1.29, 1.82) is 0 Å². The SMILES string of the molecule is CCNC(=NCc1ccc(OCC)c(OC)c1)N1CCC(NC(=O)OC(C)(C)C)C1. The molecule has 1 aliphatic rings. The molecule has 30 heavy (non-hydrogen) atoms. The summed E-state index contributed by atoms with van der Waals surface area (Å²) in [6.45, 7) is 13.0. The summed E-state index contributed by atoms with van der Waals surface area (Å²) < 4.78 is 16.4. The van der Waals surface area contributed by atoms with Gasteiger partial charge in [0.25, 0.3) is 0 Å². The van der Waals surface area contributed by atoms with E-state index in [0.29, 0.717) is 25.4 Å². The van der Waals surface area contributed by atoms with Gasteiger partial charge in [0.05, 0.1) is 26.3 Å².